The summed E-state index contributed by atoms with van der Waals surface area (Å²) in [6, 6.07) is 15.9. The molecule has 4 aliphatic heterocycles. The molecule has 0 unspecified atom stereocenters. The van der Waals surface area contributed by atoms with Gasteiger partial charge in [0.2, 0.25) is 11.8 Å². The van der Waals surface area contributed by atoms with Crippen molar-refractivity contribution in [3.8, 4) is 22.4 Å². The van der Waals surface area contributed by atoms with Crippen LogP contribution in [-0.2, 0) is 28.5 Å². The number of nitrogens with one attached hydrogen (secondary N) is 4. The average Bonchev–Trinajstić information content (AvgIpc) is 4.16. The van der Waals surface area contributed by atoms with Gasteiger partial charge in [0.15, 0.2) is 0 Å². The molecule has 0 spiro atoms. The van der Waals surface area contributed by atoms with E-state index >= 15 is 0 Å². The predicted octanol–water partition coefficient (Wildman–Crippen LogP) is 7.61. The van der Waals surface area contributed by atoms with Crippen LogP contribution in [0.25, 0.3) is 55.5 Å². The summed E-state index contributed by atoms with van der Waals surface area (Å²) < 4.78 is 21.0. The minimum absolute atomic E-state index is 0.0643. The van der Waals surface area contributed by atoms with E-state index in [2.05, 4.69) is 54.4 Å². The van der Waals surface area contributed by atoms with Gasteiger partial charge in [0.25, 0.3) is 0 Å². The lowest BCUT2D eigenvalue weighted by atomic mass is 9.90. The number of fused-ring (bicyclic) bond motifs is 3. The summed E-state index contributed by atoms with van der Waals surface area (Å²) in [6.45, 7) is 10.6. The first-order valence-electron chi connectivity index (χ1n) is 24.6. The van der Waals surface area contributed by atoms with Crippen LogP contribution in [0.1, 0.15) is 90.0 Å². The fourth-order valence-corrected chi connectivity index (χ4v) is 11.2. The second-order valence-corrected chi connectivity index (χ2v) is 19.7. The number of aromatic amines is 2. The fraction of sp³-hybridized carbons (Fsp3) is 0.500. The highest BCUT2D eigenvalue weighted by atomic mass is 16.5. The molecule has 18 heteroatoms. The molecule has 10 rings (SSSR count). The third-order valence-corrected chi connectivity index (χ3v) is 15.6. The van der Waals surface area contributed by atoms with Crippen LogP contribution < -0.4 is 10.6 Å². The van der Waals surface area contributed by atoms with Crippen LogP contribution in [-0.4, -0.2) is 129 Å². The highest BCUT2D eigenvalue weighted by Crippen LogP contribution is 2.43. The number of amides is 4. The van der Waals surface area contributed by atoms with Crippen LogP contribution in [0.3, 0.4) is 0 Å². The van der Waals surface area contributed by atoms with Gasteiger partial charge in [-0.15, -0.1) is 0 Å². The van der Waals surface area contributed by atoms with Gasteiger partial charge in [-0.25, -0.2) is 24.5 Å². The third-order valence-electron chi connectivity index (χ3n) is 15.6. The Hall–Kier alpha value is -6.66. The molecule has 4 fully saturated rings. The number of methoxy groups -OCH3 is 2. The highest BCUT2D eigenvalue weighted by Gasteiger charge is 2.47. The fourth-order valence-electron chi connectivity index (χ4n) is 11.2. The number of rotatable bonds is 10. The number of hydrogen-bond acceptors (Lipinski definition) is 12. The number of likely N-dealkylation sites (tertiary alicyclic amines) is 2. The number of carbonyl (C=O) groups excluding carboxylic acids is 4. The van der Waals surface area contributed by atoms with Crippen LogP contribution in [0.5, 0.6) is 0 Å². The quantitative estimate of drug-likeness (QED) is 0.104. The van der Waals surface area contributed by atoms with E-state index in [9.17, 15) is 19.2 Å². The van der Waals surface area contributed by atoms with Crippen molar-refractivity contribution < 1.29 is 38.1 Å². The zero-order valence-electron chi connectivity index (χ0n) is 40.6. The standard InChI is InChI=1S/C52H62N10O8/c1-27-21-43(61(29(27)3)49(63)45(59-51(65)67-5)31-13-17-69-18-14-31)47-55-37-11-8-34(24-40(37)57-47)33-7-10-36-39(23-33)53-26-42(54-36)35-9-12-38-41(25-35)58-48(56-38)44-22-28(2)30(4)62(44)50(64)46(60-52(66)68-6)32-15-19-70-20-16-32/h7-12,23-32,43-46H,13-22H2,1-6H3,(H,55,57)(H,56,58)(H,59,65)(H,60,66)/t27-,28-,29-,30-,43+,44+,45+,46+/m1/s1. The van der Waals surface area contributed by atoms with Gasteiger partial charge in [-0.05, 0) is 124 Å². The third kappa shape index (κ3) is 9.02. The summed E-state index contributed by atoms with van der Waals surface area (Å²) >= 11 is 0. The van der Waals surface area contributed by atoms with Crippen molar-refractivity contribution in [2.75, 3.05) is 40.6 Å². The molecule has 6 aromatic rings. The highest BCUT2D eigenvalue weighted by molar-refractivity contribution is 5.90. The van der Waals surface area contributed by atoms with Crippen molar-refractivity contribution in [3.05, 3.63) is 72.4 Å². The number of aromatic nitrogens is 6. The summed E-state index contributed by atoms with van der Waals surface area (Å²) in [7, 11) is 2.62. The molecule has 4 amide bonds. The lowest BCUT2D eigenvalue weighted by molar-refractivity contribution is -0.139. The Morgan fingerprint density at radius 2 is 1.04 bits per heavy atom. The molecule has 0 radical (unpaired) electrons. The maximum atomic E-state index is 14.5. The minimum Gasteiger partial charge on any atom is -0.453 e. The average molecular weight is 955 g/mol. The van der Waals surface area contributed by atoms with Crippen molar-refractivity contribution in [2.45, 2.75) is 102 Å². The summed E-state index contributed by atoms with van der Waals surface area (Å²) in [5.41, 5.74) is 8.26. The Morgan fingerprint density at radius 1 is 0.600 bits per heavy atom. The first-order chi connectivity index (χ1) is 33.9. The van der Waals surface area contributed by atoms with Crippen molar-refractivity contribution in [1.29, 1.82) is 0 Å². The van der Waals surface area contributed by atoms with E-state index in [0.29, 0.717) is 69.5 Å². The first-order valence-corrected chi connectivity index (χ1v) is 24.6. The molecular weight excluding hydrogens is 893 g/mol. The summed E-state index contributed by atoms with van der Waals surface area (Å²) in [6.07, 6.45) is 4.68. The molecule has 4 N–H and O–H groups in total. The SMILES string of the molecule is COC(=O)N[C@H](C(=O)N1[C@H](C)[C@H](C)C[C@H]1c1nc2ccc(-c3ccc4nc(-c5ccc6nc([C@@H]7C[C@@H](C)[C@@H](C)N7C(=O)[C@@H](NC(=O)OC)C7CCOCC7)[nH]c6c5)cnc4c3)cc2[nH]1)C1CCOCC1. The van der Waals surface area contributed by atoms with Gasteiger partial charge in [0, 0.05) is 44.1 Å². The van der Waals surface area contributed by atoms with E-state index in [1.807, 2.05) is 58.3 Å². The zero-order chi connectivity index (χ0) is 48.8. The number of alkyl carbamates (subject to hydrolysis) is 2. The van der Waals surface area contributed by atoms with Gasteiger partial charge >= 0.3 is 12.2 Å². The Labute approximate surface area is 406 Å². The second-order valence-electron chi connectivity index (χ2n) is 19.7. The number of carbonyl (C=O) groups is 4. The van der Waals surface area contributed by atoms with E-state index in [4.69, 9.17) is 38.9 Å². The summed E-state index contributed by atoms with van der Waals surface area (Å²) in [4.78, 5) is 84.7. The van der Waals surface area contributed by atoms with Crippen molar-refractivity contribution in [3.63, 3.8) is 0 Å². The normalized spacial score (nSPS) is 24.3. The van der Waals surface area contributed by atoms with Gasteiger partial charge in [-0.2, -0.15) is 0 Å². The maximum absolute atomic E-state index is 14.5. The molecule has 4 aliphatic rings. The predicted molar refractivity (Wildman–Crippen MR) is 261 cm³/mol. The van der Waals surface area contributed by atoms with Crippen LogP contribution in [0.15, 0.2) is 60.8 Å². The molecule has 0 bridgehead atoms. The van der Waals surface area contributed by atoms with Crippen LogP contribution in [0.2, 0.25) is 0 Å². The van der Waals surface area contributed by atoms with E-state index in [1.165, 1.54) is 14.2 Å². The Balaban J connectivity index is 0.873. The van der Waals surface area contributed by atoms with Crippen LogP contribution >= 0.6 is 0 Å². The molecule has 70 heavy (non-hydrogen) atoms. The van der Waals surface area contributed by atoms with E-state index < -0.39 is 24.3 Å². The van der Waals surface area contributed by atoms with Gasteiger partial charge in [0.05, 0.1) is 71.3 Å². The minimum atomic E-state index is -0.735. The maximum Gasteiger partial charge on any atom is 0.407 e. The summed E-state index contributed by atoms with van der Waals surface area (Å²) in [5, 5.41) is 5.71. The number of H-pyrrole nitrogens is 2. The molecule has 8 atom stereocenters. The van der Waals surface area contributed by atoms with E-state index in [0.717, 1.165) is 62.6 Å². The lowest BCUT2D eigenvalue weighted by Gasteiger charge is -2.36. The zero-order valence-corrected chi connectivity index (χ0v) is 40.6. The Bertz CT molecular complexity index is 2730. The number of hydrogen-bond donors (Lipinski definition) is 4. The number of imidazole rings is 2. The topological polar surface area (TPSA) is 219 Å². The van der Waals surface area contributed by atoms with E-state index in [1.54, 1.807) is 6.20 Å². The largest absolute Gasteiger partial charge is 0.453 e. The Kier molecular flexibility index (Phi) is 13.2. The van der Waals surface area contributed by atoms with Crippen LogP contribution in [0.4, 0.5) is 9.59 Å². The molecular formula is C52H62N10O8. The van der Waals surface area contributed by atoms with Gasteiger partial charge < -0.3 is 49.3 Å². The van der Waals surface area contributed by atoms with Gasteiger partial charge in [-0.3, -0.25) is 14.6 Å². The van der Waals surface area contributed by atoms with Gasteiger partial charge in [-0.1, -0.05) is 32.0 Å². The van der Waals surface area contributed by atoms with Crippen LogP contribution in [0, 0.1) is 23.7 Å². The second kappa shape index (κ2) is 19.6. The number of nitrogens with zero attached hydrogens (tertiary/aromatic N) is 6. The molecule has 3 aromatic heterocycles. The molecule has 18 nitrogen and oxygen atoms in total. The van der Waals surface area contributed by atoms with Crippen molar-refractivity contribution in [2.24, 2.45) is 23.7 Å². The molecule has 7 heterocycles. The lowest BCUT2D eigenvalue weighted by Crippen LogP contribution is -2.54. The molecule has 4 saturated heterocycles. The van der Waals surface area contributed by atoms with Gasteiger partial charge in [0.1, 0.15) is 23.7 Å². The molecule has 0 saturated carbocycles. The molecule has 0 aliphatic carbocycles. The molecule has 368 valence electrons. The van der Waals surface area contributed by atoms with E-state index in [-0.39, 0.29) is 59.7 Å². The Morgan fingerprint density at radius 3 is 1.53 bits per heavy atom. The van der Waals surface area contributed by atoms with Crippen molar-refractivity contribution >= 4 is 57.1 Å². The monoisotopic (exact) mass is 954 g/mol. The summed E-state index contributed by atoms with van der Waals surface area (Å²) in [5.74, 6) is 1.44. The van der Waals surface area contributed by atoms with Crippen molar-refractivity contribution in [1.82, 2.24) is 50.3 Å². The smallest absolute Gasteiger partial charge is 0.407 e. The first kappa shape index (κ1) is 47.0. The molecule has 3 aromatic carbocycles. The number of benzene rings is 3. The number of ether oxygens (including phenoxy) is 4.